The lowest BCUT2D eigenvalue weighted by molar-refractivity contribution is 0.515. The molecule has 0 heterocycles. The van der Waals surface area contributed by atoms with E-state index in [9.17, 15) is 16.8 Å². The van der Waals surface area contributed by atoms with Crippen LogP contribution in [0.3, 0.4) is 0 Å². The Kier molecular flexibility index (Phi) is 3.94. The predicted octanol–water partition coefficient (Wildman–Crippen LogP) is 0.759. The molecule has 1 aliphatic carbocycles. The van der Waals surface area contributed by atoms with E-state index >= 15 is 0 Å². The Morgan fingerprint density at radius 3 is 2.00 bits per heavy atom. The molecule has 0 aromatic carbocycles. The topological polar surface area (TPSA) is 71.5 Å². The van der Waals surface area contributed by atoms with Gasteiger partial charge >= 0.3 is 0 Å². The summed E-state index contributed by atoms with van der Waals surface area (Å²) in [7, 11) is 1.42. The standard InChI is InChI=1S/C8H16ClNO4S2/c1-10(2)15(11,12)7-3-4-8(5-6-8)16(9,13)14/h3-7H2,1-2H3. The van der Waals surface area contributed by atoms with Crippen molar-refractivity contribution in [2.24, 2.45) is 0 Å². The number of hydrogen-bond acceptors (Lipinski definition) is 4. The maximum Gasteiger partial charge on any atom is 0.238 e. The minimum absolute atomic E-state index is 0.0336. The van der Waals surface area contributed by atoms with E-state index in [1.54, 1.807) is 0 Å². The van der Waals surface area contributed by atoms with Crippen LogP contribution < -0.4 is 0 Å². The zero-order chi connectivity index (χ0) is 12.6. The highest BCUT2D eigenvalue weighted by molar-refractivity contribution is 8.15. The summed E-state index contributed by atoms with van der Waals surface area (Å²) >= 11 is 0. The summed E-state index contributed by atoms with van der Waals surface area (Å²) in [4.78, 5) is 0. The van der Waals surface area contributed by atoms with E-state index in [1.807, 2.05) is 0 Å². The summed E-state index contributed by atoms with van der Waals surface area (Å²) in [6.07, 6.45) is 1.74. The minimum Gasteiger partial charge on any atom is -0.212 e. The third-order valence-corrected chi connectivity index (χ3v) is 7.46. The van der Waals surface area contributed by atoms with Gasteiger partial charge in [0.05, 0.1) is 10.5 Å². The van der Waals surface area contributed by atoms with Crippen molar-refractivity contribution < 1.29 is 16.8 Å². The molecule has 0 amide bonds. The molecule has 0 bridgehead atoms. The van der Waals surface area contributed by atoms with Gasteiger partial charge < -0.3 is 0 Å². The van der Waals surface area contributed by atoms with Crippen LogP contribution in [0, 0.1) is 0 Å². The molecule has 0 radical (unpaired) electrons. The second kappa shape index (κ2) is 4.44. The molecule has 1 rings (SSSR count). The van der Waals surface area contributed by atoms with Crippen molar-refractivity contribution in [3.8, 4) is 0 Å². The van der Waals surface area contributed by atoms with Crippen molar-refractivity contribution in [2.75, 3.05) is 19.8 Å². The molecule has 8 heteroatoms. The molecule has 1 fully saturated rings. The third kappa shape index (κ3) is 3.09. The van der Waals surface area contributed by atoms with Crippen LogP contribution in [0.4, 0.5) is 0 Å². The smallest absolute Gasteiger partial charge is 0.212 e. The van der Waals surface area contributed by atoms with Crippen molar-refractivity contribution in [3.63, 3.8) is 0 Å². The Bertz CT molecular complexity index is 450. The van der Waals surface area contributed by atoms with E-state index in [2.05, 4.69) is 0 Å². The molecule has 0 aliphatic heterocycles. The van der Waals surface area contributed by atoms with Gasteiger partial charge in [-0.3, -0.25) is 0 Å². The summed E-state index contributed by atoms with van der Waals surface area (Å²) in [6.45, 7) is 0. The second-order valence-corrected chi connectivity index (χ2v) is 9.59. The van der Waals surface area contributed by atoms with Gasteiger partial charge in [-0.05, 0) is 25.7 Å². The zero-order valence-electron chi connectivity index (χ0n) is 9.31. The van der Waals surface area contributed by atoms with E-state index in [4.69, 9.17) is 10.7 Å². The molecule has 0 unspecified atom stereocenters. The van der Waals surface area contributed by atoms with Gasteiger partial charge in [-0.25, -0.2) is 21.1 Å². The summed E-state index contributed by atoms with van der Waals surface area (Å²) in [5.74, 6) is -0.0336. The fourth-order valence-corrected chi connectivity index (χ4v) is 4.06. The van der Waals surface area contributed by atoms with Crippen LogP contribution in [0.2, 0.25) is 0 Å². The molecular formula is C8H16ClNO4S2. The lowest BCUT2D eigenvalue weighted by Gasteiger charge is -2.13. The molecule has 1 saturated carbocycles. The molecule has 0 spiro atoms. The highest BCUT2D eigenvalue weighted by atomic mass is 35.7. The second-order valence-electron chi connectivity index (χ2n) is 4.32. The Labute approximate surface area is 101 Å². The average Bonchev–Trinajstić information content (AvgIpc) is 2.83. The largest absolute Gasteiger partial charge is 0.238 e. The molecule has 0 N–H and O–H groups in total. The maximum absolute atomic E-state index is 11.4. The number of rotatable bonds is 6. The lowest BCUT2D eigenvalue weighted by Crippen LogP contribution is -2.26. The third-order valence-electron chi connectivity index (χ3n) is 2.92. The Balaban J connectivity index is 2.50. The van der Waals surface area contributed by atoms with Crippen LogP contribution in [0.15, 0.2) is 0 Å². The molecule has 16 heavy (non-hydrogen) atoms. The summed E-state index contributed by atoms with van der Waals surface area (Å²) in [6, 6.07) is 0. The Morgan fingerprint density at radius 2 is 1.69 bits per heavy atom. The molecule has 96 valence electrons. The average molecular weight is 290 g/mol. The van der Waals surface area contributed by atoms with Crippen LogP contribution in [0.25, 0.3) is 0 Å². The SMILES string of the molecule is CN(C)S(=O)(=O)CCCC1(S(=O)(=O)Cl)CC1. The molecule has 0 aromatic heterocycles. The van der Waals surface area contributed by atoms with Gasteiger partial charge in [0.1, 0.15) is 0 Å². The van der Waals surface area contributed by atoms with Crippen molar-refractivity contribution in [1.82, 2.24) is 4.31 Å². The van der Waals surface area contributed by atoms with Crippen LogP contribution in [0.1, 0.15) is 25.7 Å². The van der Waals surface area contributed by atoms with Gasteiger partial charge in [-0.15, -0.1) is 0 Å². The van der Waals surface area contributed by atoms with Crippen LogP contribution in [-0.4, -0.2) is 45.7 Å². The van der Waals surface area contributed by atoms with Crippen molar-refractivity contribution in [2.45, 2.75) is 30.4 Å². The zero-order valence-corrected chi connectivity index (χ0v) is 11.7. The van der Waals surface area contributed by atoms with Crippen LogP contribution in [-0.2, 0) is 19.1 Å². The number of nitrogens with zero attached hydrogens (tertiary/aromatic N) is 1. The van der Waals surface area contributed by atoms with Gasteiger partial charge in [0.15, 0.2) is 0 Å². The van der Waals surface area contributed by atoms with E-state index in [1.165, 1.54) is 14.1 Å². The first kappa shape index (κ1) is 14.2. The highest BCUT2D eigenvalue weighted by Crippen LogP contribution is 2.49. The summed E-state index contributed by atoms with van der Waals surface area (Å²) < 4.78 is 45.6. The highest BCUT2D eigenvalue weighted by Gasteiger charge is 2.53. The van der Waals surface area contributed by atoms with E-state index < -0.39 is 23.8 Å². The van der Waals surface area contributed by atoms with Crippen molar-refractivity contribution in [1.29, 1.82) is 0 Å². The fraction of sp³-hybridized carbons (Fsp3) is 1.00. The monoisotopic (exact) mass is 289 g/mol. The van der Waals surface area contributed by atoms with Crippen LogP contribution in [0.5, 0.6) is 0 Å². The molecule has 0 saturated heterocycles. The van der Waals surface area contributed by atoms with Crippen molar-refractivity contribution in [3.05, 3.63) is 0 Å². The van der Waals surface area contributed by atoms with Gasteiger partial charge in [-0.2, -0.15) is 0 Å². The number of halogens is 1. The molecule has 5 nitrogen and oxygen atoms in total. The Morgan fingerprint density at radius 1 is 1.19 bits per heavy atom. The van der Waals surface area contributed by atoms with E-state index in [0.29, 0.717) is 25.7 Å². The minimum atomic E-state index is -3.57. The predicted molar refractivity (Wildman–Crippen MR) is 63.4 cm³/mol. The molecule has 1 aliphatic rings. The van der Waals surface area contributed by atoms with Gasteiger partial charge in [-0.1, -0.05) is 0 Å². The normalized spacial score (nSPS) is 20.0. The number of sulfonamides is 1. The van der Waals surface area contributed by atoms with Gasteiger partial charge in [0.2, 0.25) is 19.1 Å². The van der Waals surface area contributed by atoms with Crippen LogP contribution >= 0.6 is 10.7 Å². The summed E-state index contributed by atoms with van der Waals surface area (Å²) in [5, 5.41) is 0. The van der Waals surface area contributed by atoms with Gasteiger partial charge in [0.25, 0.3) is 0 Å². The quantitative estimate of drug-likeness (QED) is 0.677. The van der Waals surface area contributed by atoms with Crippen molar-refractivity contribution >= 4 is 29.8 Å². The maximum atomic E-state index is 11.4. The van der Waals surface area contributed by atoms with Gasteiger partial charge in [0, 0.05) is 24.8 Å². The fourth-order valence-electron chi connectivity index (χ4n) is 1.51. The first-order valence-corrected chi connectivity index (χ1v) is 8.87. The molecule has 0 aromatic rings. The lowest BCUT2D eigenvalue weighted by atomic mass is 10.2. The summed E-state index contributed by atoms with van der Waals surface area (Å²) in [5.41, 5.74) is 0. The Hall–Kier alpha value is 0.150. The first-order valence-electron chi connectivity index (χ1n) is 4.95. The number of hydrogen-bond donors (Lipinski definition) is 0. The first-order chi connectivity index (χ1) is 7.11. The van der Waals surface area contributed by atoms with E-state index in [-0.39, 0.29) is 5.75 Å². The van der Waals surface area contributed by atoms with E-state index in [0.717, 1.165) is 4.31 Å². The molecule has 0 atom stereocenters. The molecular weight excluding hydrogens is 274 g/mol.